The van der Waals surface area contributed by atoms with Gasteiger partial charge in [0.15, 0.2) is 0 Å². The maximum Gasteiger partial charge on any atom is 0.318 e. The summed E-state index contributed by atoms with van der Waals surface area (Å²) in [6.45, 7) is 6.06. The summed E-state index contributed by atoms with van der Waals surface area (Å²) < 4.78 is 4.77. The molecular formula is C14H18O3. The third-order valence-electron chi connectivity index (χ3n) is 3.76. The maximum absolute atomic E-state index is 11.7. The van der Waals surface area contributed by atoms with Crippen molar-refractivity contribution in [3.05, 3.63) is 23.3 Å². The molecule has 0 aromatic heterocycles. The van der Waals surface area contributed by atoms with Crippen LogP contribution in [0, 0.1) is 17.8 Å². The lowest BCUT2D eigenvalue weighted by Crippen LogP contribution is -2.29. The van der Waals surface area contributed by atoms with Crippen LogP contribution in [-0.2, 0) is 14.3 Å². The molecule has 92 valence electrons. The molecule has 3 unspecified atom stereocenters. The van der Waals surface area contributed by atoms with Gasteiger partial charge < -0.3 is 4.74 Å². The molecule has 0 radical (unpaired) electrons. The summed E-state index contributed by atoms with van der Waals surface area (Å²) in [6, 6.07) is 0. The highest BCUT2D eigenvalue weighted by Gasteiger charge is 2.49. The number of rotatable bonds is 2. The highest BCUT2D eigenvalue weighted by Crippen LogP contribution is 2.42. The molecule has 1 heterocycles. The summed E-state index contributed by atoms with van der Waals surface area (Å²) in [5, 5.41) is 0. The van der Waals surface area contributed by atoms with Gasteiger partial charge in [0.1, 0.15) is 0 Å². The number of fused-ring (bicyclic) bond motifs is 1. The van der Waals surface area contributed by atoms with Crippen LogP contribution in [0.5, 0.6) is 0 Å². The van der Waals surface area contributed by atoms with E-state index < -0.39 is 0 Å². The first kappa shape index (κ1) is 12.1. The van der Waals surface area contributed by atoms with Crippen LogP contribution >= 0.6 is 0 Å². The fraction of sp³-hybridized carbons (Fsp3) is 0.571. The SMILES string of the molecule is CC=C(C)CC1C=C(C)CC2C(=O)OC(=O)C12. The van der Waals surface area contributed by atoms with Crippen molar-refractivity contribution in [3.63, 3.8) is 0 Å². The van der Waals surface area contributed by atoms with Crippen molar-refractivity contribution in [1.29, 1.82) is 0 Å². The van der Waals surface area contributed by atoms with E-state index in [4.69, 9.17) is 4.74 Å². The molecular weight excluding hydrogens is 216 g/mol. The number of cyclic esters (lactones) is 2. The molecule has 0 bridgehead atoms. The molecule has 1 fully saturated rings. The number of hydrogen-bond donors (Lipinski definition) is 0. The molecule has 3 atom stereocenters. The molecule has 0 N–H and O–H groups in total. The van der Waals surface area contributed by atoms with Gasteiger partial charge >= 0.3 is 11.9 Å². The van der Waals surface area contributed by atoms with Gasteiger partial charge in [-0.3, -0.25) is 9.59 Å². The monoisotopic (exact) mass is 234 g/mol. The molecule has 0 aromatic rings. The van der Waals surface area contributed by atoms with E-state index in [1.807, 2.05) is 13.8 Å². The van der Waals surface area contributed by atoms with Crippen LogP contribution in [0.1, 0.15) is 33.6 Å². The second-order valence-corrected chi connectivity index (χ2v) is 5.09. The van der Waals surface area contributed by atoms with E-state index in [2.05, 4.69) is 19.1 Å². The largest absolute Gasteiger partial charge is 0.393 e. The van der Waals surface area contributed by atoms with Crippen molar-refractivity contribution < 1.29 is 14.3 Å². The van der Waals surface area contributed by atoms with Gasteiger partial charge in [-0.25, -0.2) is 0 Å². The van der Waals surface area contributed by atoms with Crippen LogP contribution in [0.2, 0.25) is 0 Å². The molecule has 0 saturated carbocycles. The van der Waals surface area contributed by atoms with Crippen LogP contribution in [-0.4, -0.2) is 11.9 Å². The van der Waals surface area contributed by atoms with Gasteiger partial charge in [0.25, 0.3) is 0 Å². The van der Waals surface area contributed by atoms with E-state index in [0.717, 1.165) is 6.42 Å². The van der Waals surface area contributed by atoms with Crippen molar-refractivity contribution in [3.8, 4) is 0 Å². The predicted molar refractivity (Wildman–Crippen MR) is 64.0 cm³/mol. The number of allylic oxidation sites excluding steroid dienone is 4. The van der Waals surface area contributed by atoms with Crippen LogP contribution in [0.3, 0.4) is 0 Å². The molecule has 3 heteroatoms. The second-order valence-electron chi connectivity index (χ2n) is 5.09. The van der Waals surface area contributed by atoms with E-state index in [-0.39, 0.29) is 29.7 Å². The van der Waals surface area contributed by atoms with Gasteiger partial charge in [0, 0.05) is 0 Å². The Morgan fingerprint density at radius 1 is 1.47 bits per heavy atom. The van der Waals surface area contributed by atoms with Gasteiger partial charge in [0.2, 0.25) is 0 Å². The topological polar surface area (TPSA) is 43.4 Å². The van der Waals surface area contributed by atoms with Crippen molar-refractivity contribution in [2.75, 3.05) is 0 Å². The summed E-state index contributed by atoms with van der Waals surface area (Å²) in [5.41, 5.74) is 2.43. The Labute approximate surface area is 102 Å². The Bertz CT molecular complexity index is 417. The summed E-state index contributed by atoms with van der Waals surface area (Å²) in [7, 11) is 0. The molecule has 2 aliphatic rings. The number of hydrogen-bond acceptors (Lipinski definition) is 3. The summed E-state index contributed by atoms with van der Waals surface area (Å²) in [4.78, 5) is 23.3. The van der Waals surface area contributed by atoms with Gasteiger partial charge in [-0.2, -0.15) is 0 Å². The average molecular weight is 234 g/mol. The number of ether oxygens (including phenoxy) is 1. The average Bonchev–Trinajstić information content (AvgIpc) is 2.54. The first-order valence-electron chi connectivity index (χ1n) is 6.07. The van der Waals surface area contributed by atoms with E-state index >= 15 is 0 Å². The molecule has 17 heavy (non-hydrogen) atoms. The van der Waals surface area contributed by atoms with Gasteiger partial charge in [-0.1, -0.05) is 23.3 Å². The smallest absolute Gasteiger partial charge is 0.318 e. The van der Waals surface area contributed by atoms with Crippen LogP contribution in [0.15, 0.2) is 23.3 Å². The van der Waals surface area contributed by atoms with Gasteiger partial charge in [0.05, 0.1) is 11.8 Å². The zero-order chi connectivity index (χ0) is 12.6. The third-order valence-corrected chi connectivity index (χ3v) is 3.76. The van der Waals surface area contributed by atoms with E-state index in [9.17, 15) is 9.59 Å². The fourth-order valence-electron chi connectivity index (χ4n) is 2.80. The summed E-state index contributed by atoms with van der Waals surface area (Å²) in [5.74, 6) is -1.07. The van der Waals surface area contributed by atoms with Crippen molar-refractivity contribution in [1.82, 2.24) is 0 Å². The van der Waals surface area contributed by atoms with Crippen molar-refractivity contribution >= 4 is 11.9 Å². The lowest BCUT2D eigenvalue weighted by Gasteiger charge is -2.27. The first-order valence-corrected chi connectivity index (χ1v) is 6.07. The standard InChI is InChI=1S/C14H18O3/c1-4-8(2)5-10-6-9(3)7-11-12(10)14(16)17-13(11)15/h4,6,10-12H,5,7H2,1-3H3. The Hall–Kier alpha value is -1.38. The molecule has 0 amide bonds. The van der Waals surface area contributed by atoms with Crippen LogP contribution < -0.4 is 0 Å². The predicted octanol–water partition coefficient (Wildman–Crippen LogP) is 2.62. The zero-order valence-corrected chi connectivity index (χ0v) is 10.5. The molecule has 1 aliphatic heterocycles. The Morgan fingerprint density at radius 3 is 2.82 bits per heavy atom. The highest BCUT2D eigenvalue weighted by atomic mass is 16.6. The highest BCUT2D eigenvalue weighted by molar-refractivity contribution is 5.97. The minimum atomic E-state index is -0.337. The van der Waals surface area contributed by atoms with Gasteiger partial charge in [-0.05, 0) is 39.5 Å². The van der Waals surface area contributed by atoms with Gasteiger partial charge in [-0.15, -0.1) is 0 Å². The lowest BCUT2D eigenvalue weighted by molar-refractivity contribution is -0.154. The third kappa shape index (κ3) is 2.19. The minimum absolute atomic E-state index is 0.115. The molecule has 1 saturated heterocycles. The number of esters is 2. The summed E-state index contributed by atoms with van der Waals surface area (Å²) >= 11 is 0. The van der Waals surface area contributed by atoms with E-state index in [1.54, 1.807) is 0 Å². The second kappa shape index (κ2) is 4.47. The number of carbonyl (C=O) groups excluding carboxylic acids is 2. The van der Waals surface area contributed by atoms with Crippen LogP contribution in [0.25, 0.3) is 0 Å². The molecule has 0 spiro atoms. The fourth-order valence-corrected chi connectivity index (χ4v) is 2.80. The Morgan fingerprint density at radius 2 is 2.18 bits per heavy atom. The maximum atomic E-state index is 11.7. The molecule has 2 rings (SSSR count). The number of carbonyl (C=O) groups is 2. The van der Waals surface area contributed by atoms with E-state index in [0.29, 0.717) is 6.42 Å². The van der Waals surface area contributed by atoms with Crippen LogP contribution in [0.4, 0.5) is 0 Å². The Kier molecular flexibility index (Phi) is 3.18. The molecule has 1 aliphatic carbocycles. The normalized spacial score (nSPS) is 33.2. The van der Waals surface area contributed by atoms with Crippen molar-refractivity contribution in [2.24, 2.45) is 17.8 Å². The van der Waals surface area contributed by atoms with Crippen molar-refractivity contribution in [2.45, 2.75) is 33.6 Å². The molecule has 3 nitrogen and oxygen atoms in total. The van der Waals surface area contributed by atoms with E-state index in [1.165, 1.54) is 11.1 Å². The quantitative estimate of drug-likeness (QED) is 0.419. The minimum Gasteiger partial charge on any atom is -0.393 e. The first-order chi connectivity index (χ1) is 8.02. The Balaban J connectivity index is 2.27. The zero-order valence-electron chi connectivity index (χ0n) is 10.5. The summed E-state index contributed by atoms with van der Waals surface area (Å²) in [6.07, 6.45) is 5.68. The molecule has 0 aromatic carbocycles. The lowest BCUT2D eigenvalue weighted by atomic mass is 9.72.